The Morgan fingerprint density at radius 2 is 1.77 bits per heavy atom. The van der Waals surface area contributed by atoms with Gasteiger partial charge in [0.1, 0.15) is 18.1 Å². The number of hydrogen-bond donors (Lipinski definition) is 0. The van der Waals surface area contributed by atoms with Gasteiger partial charge in [-0.1, -0.05) is 36.4 Å². The maximum absolute atomic E-state index is 6.14. The Bertz CT molecular complexity index is 772. The van der Waals surface area contributed by atoms with Crippen molar-refractivity contribution in [1.29, 1.82) is 0 Å². The molecule has 3 aromatic rings. The molecule has 0 aliphatic carbocycles. The van der Waals surface area contributed by atoms with E-state index in [2.05, 4.69) is 35.0 Å². The molecule has 0 spiro atoms. The highest BCUT2D eigenvalue weighted by Crippen LogP contribution is 2.27. The maximum atomic E-state index is 6.14. The minimum Gasteiger partial charge on any atom is -0.493 e. The van der Waals surface area contributed by atoms with Crippen LogP contribution in [0.15, 0.2) is 65.4 Å². The molecular weight excluding hydrogens is 364 g/mol. The molecule has 4 heteroatoms. The molecule has 2 nitrogen and oxygen atoms in total. The SMILES string of the molecule is ClCCCOc1ccc(CCc2ccsc2)c(OCc2ccccc2)c1. The first-order valence-electron chi connectivity index (χ1n) is 8.84. The summed E-state index contributed by atoms with van der Waals surface area (Å²) in [7, 11) is 0. The highest BCUT2D eigenvalue weighted by atomic mass is 35.5. The number of ether oxygens (including phenoxy) is 2. The van der Waals surface area contributed by atoms with Gasteiger partial charge in [0.25, 0.3) is 0 Å². The lowest BCUT2D eigenvalue weighted by Gasteiger charge is -2.14. The molecule has 0 unspecified atom stereocenters. The van der Waals surface area contributed by atoms with Gasteiger partial charge < -0.3 is 9.47 Å². The molecule has 3 rings (SSSR count). The number of alkyl halides is 1. The number of halogens is 1. The standard InChI is InChI=1S/C22H23ClO2S/c23-12-4-13-24-21-10-9-20(8-7-19-11-14-26-17-19)22(15-21)25-16-18-5-2-1-3-6-18/h1-3,5-6,9-11,14-15,17H,4,7-8,12-13,16H2. The van der Waals surface area contributed by atoms with Gasteiger partial charge in [0.05, 0.1) is 6.61 Å². The lowest BCUT2D eigenvalue weighted by Crippen LogP contribution is -2.02. The van der Waals surface area contributed by atoms with E-state index in [1.165, 1.54) is 11.1 Å². The Hall–Kier alpha value is -1.97. The molecule has 0 amide bonds. The van der Waals surface area contributed by atoms with Crippen molar-refractivity contribution in [3.63, 3.8) is 0 Å². The zero-order chi connectivity index (χ0) is 18.0. The van der Waals surface area contributed by atoms with Gasteiger partial charge >= 0.3 is 0 Å². The predicted octanol–water partition coefficient (Wildman–Crippen LogP) is 6.12. The molecule has 0 saturated heterocycles. The van der Waals surface area contributed by atoms with Crippen LogP contribution in [0.5, 0.6) is 11.5 Å². The fraction of sp³-hybridized carbons (Fsp3) is 0.273. The summed E-state index contributed by atoms with van der Waals surface area (Å²) in [6.45, 7) is 1.17. The van der Waals surface area contributed by atoms with E-state index in [-0.39, 0.29) is 0 Å². The lowest BCUT2D eigenvalue weighted by atomic mass is 10.1. The largest absolute Gasteiger partial charge is 0.493 e. The molecule has 0 atom stereocenters. The third kappa shape index (κ3) is 5.79. The molecule has 0 N–H and O–H groups in total. The molecule has 0 aliphatic rings. The molecule has 1 aromatic heterocycles. The van der Waals surface area contributed by atoms with E-state index in [1.54, 1.807) is 11.3 Å². The number of benzene rings is 2. The summed E-state index contributed by atoms with van der Waals surface area (Å²) in [4.78, 5) is 0. The first-order valence-corrected chi connectivity index (χ1v) is 10.3. The van der Waals surface area contributed by atoms with Gasteiger partial charge in [-0.15, -0.1) is 11.6 Å². The maximum Gasteiger partial charge on any atom is 0.126 e. The second kappa shape index (κ2) is 10.2. The van der Waals surface area contributed by atoms with Crippen LogP contribution in [-0.4, -0.2) is 12.5 Å². The first-order chi connectivity index (χ1) is 12.8. The molecule has 0 bridgehead atoms. The van der Waals surface area contributed by atoms with E-state index in [1.807, 2.05) is 30.3 Å². The van der Waals surface area contributed by atoms with Crippen LogP contribution >= 0.6 is 22.9 Å². The van der Waals surface area contributed by atoms with Gasteiger partial charge in [-0.3, -0.25) is 0 Å². The zero-order valence-corrected chi connectivity index (χ0v) is 16.3. The molecule has 0 aliphatic heterocycles. The summed E-state index contributed by atoms with van der Waals surface area (Å²) >= 11 is 7.47. The van der Waals surface area contributed by atoms with Crippen molar-refractivity contribution < 1.29 is 9.47 Å². The Balaban J connectivity index is 1.70. The number of hydrogen-bond acceptors (Lipinski definition) is 3. The summed E-state index contributed by atoms with van der Waals surface area (Å²) in [5.41, 5.74) is 3.73. The summed E-state index contributed by atoms with van der Waals surface area (Å²) in [6.07, 6.45) is 2.79. The van der Waals surface area contributed by atoms with Gasteiger partial charge in [-0.25, -0.2) is 0 Å². The summed E-state index contributed by atoms with van der Waals surface area (Å²) in [5.74, 6) is 2.33. The molecule has 0 fully saturated rings. The second-order valence-electron chi connectivity index (χ2n) is 6.07. The predicted molar refractivity (Wildman–Crippen MR) is 110 cm³/mol. The van der Waals surface area contributed by atoms with E-state index in [9.17, 15) is 0 Å². The summed E-state index contributed by atoms with van der Waals surface area (Å²) in [5, 5.41) is 4.32. The average Bonchev–Trinajstić information content (AvgIpc) is 3.20. The molecule has 2 aromatic carbocycles. The minimum absolute atomic E-state index is 0.553. The van der Waals surface area contributed by atoms with Gasteiger partial charge in [0.2, 0.25) is 0 Å². The van der Waals surface area contributed by atoms with Gasteiger partial charge in [0, 0.05) is 11.9 Å². The van der Waals surface area contributed by atoms with Crippen molar-refractivity contribution in [3.8, 4) is 11.5 Å². The molecule has 0 radical (unpaired) electrons. The van der Waals surface area contributed by atoms with E-state index < -0.39 is 0 Å². The minimum atomic E-state index is 0.553. The molecule has 26 heavy (non-hydrogen) atoms. The van der Waals surface area contributed by atoms with Crippen LogP contribution in [0.3, 0.4) is 0 Å². The van der Waals surface area contributed by atoms with Crippen molar-refractivity contribution in [2.75, 3.05) is 12.5 Å². The van der Waals surface area contributed by atoms with Crippen molar-refractivity contribution in [2.24, 2.45) is 0 Å². The second-order valence-corrected chi connectivity index (χ2v) is 7.22. The third-order valence-electron chi connectivity index (χ3n) is 4.09. The van der Waals surface area contributed by atoms with Crippen molar-refractivity contribution in [2.45, 2.75) is 25.9 Å². The third-order valence-corrected chi connectivity index (χ3v) is 5.08. The van der Waals surface area contributed by atoms with Crippen molar-refractivity contribution >= 4 is 22.9 Å². The Morgan fingerprint density at radius 3 is 2.54 bits per heavy atom. The van der Waals surface area contributed by atoms with E-state index in [0.29, 0.717) is 19.1 Å². The van der Waals surface area contributed by atoms with E-state index >= 15 is 0 Å². The van der Waals surface area contributed by atoms with Gasteiger partial charge in [0.15, 0.2) is 0 Å². The number of aryl methyl sites for hydroxylation is 2. The van der Waals surface area contributed by atoms with Crippen molar-refractivity contribution in [1.82, 2.24) is 0 Å². The molecule has 136 valence electrons. The fourth-order valence-electron chi connectivity index (χ4n) is 2.66. The Kier molecular flexibility index (Phi) is 7.41. The van der Waals surface area contributed by atoms with Gasteiger partial charge in [-0.2, -0.15) is 11.3 Å². The van der Waals surface area contributed by atoms with E-state index in [0.717, 1.165) is 36.3 Å². The number of rotatable bonds is 10. The average molecular weight is 387 g/mol. The van der Waals surface area contributed by atoms with Crippen LogP contribution in [0, 0.1) is 0 Å². The molecule has 0 saturated carbocycles. The van der Waals surface area contributed by atoms with Crippen molar-refractivity contribution in [3.05, 3.63) is 82.0 Å². The smallest absolute Gasteiger partial charge is 0.126 e. The van der Waals surface area contributed by atoms with Crippen LogP contribution in [0.2, 0.25) is 0 Å². The van der Waals surface area contributed by atoms with Gasteiger partial charge in [-0.05, 0) is 58.8 Å². The summed E-state index contributed by atoms with van der Waals surface area (Å²) < 4.78 is 11.9. The Labute approximate surface area is 164 Å². The van der Waals surface area contributed by atoms with Crippen LogP contribution in [0.25, 0.3) is 0 Å². The quantitative estimate of drug-likeness (QED) is 0.308. The molecular formula is C22H23ClO2S. The monoisotopic (exact) mass is 386 g/mol. The Morgan fingerprint density at radius 1 is 0.885 bits per heavy atom. The van der Waals surface area contributed by atoms with Crippen LogP contribution < -0.4 is 9.47 Å². The van der Waals surface area contributed by atoms with E-state index in [4.69, 9.17) is 21.1 Å². The lowest BCUT2D eigenvalue weighted by molar-refractivity contribution is 0.292. The normalized spacial score (nSPS) is 10.7. The summed E-state index contributed by atoms with van der Waals surface area (Å²) in [6, 6.07) is 18.5. The topological polar surface area (TPSA) is 18.5 Å². The van der Waals surface area contributed by atoms with Crippen LogP contribution in [-0.2, 0) is 19.4 Å². The highest BCUT2D eigenvalue weighted by molar-refractivity contribution is 7.07. The van der Waals surface area contributed by atoms with Crippen LogP contribution in [0.4, 0.5) is 0 Å². The first kappa shape index (κ1) is 18.8. The zero-order valence-electron chi connectivity index (χ0n) is 14.7. The van der Waals surface area contributed by atoms with Crippen LogP contribution in [0.1, 0.15) is 23.1 Å². The number of thiophene rings is 1. The fourth-order valence-corrected chi connectivity index (χ4v) is 3.47. The highest BCUT2D eigenvalue weighted by Gasteiger charge is 2.08. The molecule has 1 heterocycles.